The molecule has 0 heterocycles. The predicted octanol–water partition coefficient (Wildman–Crippen LogP) is 4.76. The molecule has 0 radical (unpaired) electrons. The summed E-state index contributed by atoms with van der Waals surface area (Å²) in [7, 11) is 0. The first kappa shape index (κ1) is 11.4. The van der Waals surface area contributed by atoms with Gasteiger partial charge in [0.1, 0.15) is 0 Å². The third kappa shape index (κ3) is 1.34. The van der Waals surface area contributed by atoms with Crippen LogP contribution in [0.25, 0.3) is 11.1 Å². The highest BCUT2D eigenvalue weighted by Crippen LogP contribution is 2.52. The number of benzene rings is 1. The molecule has 18 heavy (non-hydrogen) atoms. The molecule has 2 aromatic carbocycles. The lowest BCUT2D eigenvalue weighted by Gasteiger charge is -2.30. The van der Waals surface area contributed by atoms with Crippen molar-refractivity contribution in [3.63, 3.8) is 0 Å². The minimum Gasteiger partial charge on any atom is -0.0696 e. The zero-order chi connectivity index (χ0) is 12.6. The van der Waals surface area contributed by atoms with E-state index in [1.54, 1.807) is 0 Å². The van der Waals surface area contributed by atoms with E-state index in [-0.39, 0.29) is 5.41 Å². The van der Waals surface area contributed by atoms with Crippen LogP contribution >= 0.6 is 0 Å². The summed E-state index contributed by atoms with van der Waals surface area (Å²) in [5, 5.41) is 0. The van der Waals surface area contributed by atoms with Crippen molar-refractivity contribution in [1.82, 2.24) is 0 Å². The van der Waals surface area contributed by atoms with Gasteiger partial charge in [0.2, 0.25) is 0 Å². The number of hydrogen-bond acceptors (Lipinski definition) is 0. The Bertz CT molecular complexity index is 520. The maximum absolute atomic E-state index is 3.33. The average molecular weight is 234 g/mol. The maximum Gasteiger partial charge on any atom is 0.0365 e. The van der Waals surface area contributed by atoms with Gasteiger partial charge in [0.05, 0.1) is 0 Å². The van der Waals surface area contributed by atoms with E-state index >= 15 is 0 Å². The smallest absolute Gasteiger partial charge is 0.0365 e. The molecular formula is C18H18. The van der Waals surface area contributed by atoms with Crippen molar-refractivity contribution < 1.29 is 0 Å². The summed E-state index contributed by atoms with van der Waals surface area (Å²) < 4.78 is 0. The molecule has 0 fully saturated rings. The zero-order valence-electron chi connectivity index (χ0n) is 11.1. The quantitative estimate of drug-likeness (QED) is 0.718. The molecule has 0 bridgehead atoms. The molecule has 1 atom stereocenters. The van der Waals surface area contributed by atoms with E-state index in [9.17, 15) is 0 Å². The van der Waals surface area contributed by atoms with Crippen molar-refractivity contribution in [3.05, 3.63) is 59.7 Å². The number of hydrogen-bond donors (Lipinski definition) is 0. The van der Waals surface area contributed by atoms with E-state index in [2.05, 4.69) is 56.3 Å². The largest absolute Gasteiger partial charge is 0.0696 e. The lowest BCUT2D eigenvalue weighted by molar-refractivity contribution is 0.461. The van der Waals surface area contributed by atoms with Crippen molar-refractivity contribution in [2.24, 2.45) is 0 Å². The van der Waals surface area contributed by atoms with Gasteiger partial charge in [-0.15, -0.1) is 0 Å². The van der Waals surface area contributed by atoms with Gasteiger partial charge >= 0.3 is 0 Å². The van der Waals surface area contributed by atoms with E-state index in [0.29, 0.717) is 0 Å². The van der Waals surface area contributed by atoms with Crippen LogP contribution in [-0.2, 0) is 5.41 Å². The molecule has 90 valence electrons. The zero-order valence-corrected chi connectivity index (χ0v) is 11.1. The number of rotatable bonds is 3. The van der Waals surface area contributed by atoms with Gasteiger partial charge in [-0.05, 0) is 41.7 Å². The summed E-state index contributed by atoms with van der Waals surface area (Å²) in [5.41, 5.74) is 5.77. The van der Waals surface area contributed by atoms with Crippen LogP contribution in [-0.4, -0.2) is 0 Å². The first-order chi connectivity index (χ1) is 8.83. The normalized spacial score (nSPS) is 14.8. The van der Waals surface area contributed by atoms with Gasteiger partial charge < -0.3 is 0 Å². The second kappa shape index (κ2) is 4.18. The predicted molar refractivity (Wildman–Crippen MR) is 75.5 cm³/mol. The molecule has 0 spiro atoms. The van der Waals surface area contributed by atoms with Crippen LogP contribution in [0.5, 0.6) is 0 Å². The van der Waals surface area contributed by atoms with E-state index in [1.165, 1.54) is 35.1 Å². The Morgan fingerprint density at radius 2 is 1.89 bits per heavy atom. The molecule has 2 aromatic rings. The minimum absolute atomic E-state index is 0.201. The highest BCUT2D eigenvalue weighted by atomic mass is 14.4. The standard InChI is InChI=1S/C18H18/c1-3-13-18(4-2)16-11-7-5-9-14(16)15-10-6-8-12-17(15)18/h5,7-9,11-12H,3-4,13H2,1-2H3. The van der Waals surface area contributed by atoms with Gasteiger partial charge in [-0.25, -0.2) is 0 Å². The summed E-state index contributed by atoms with van der Waals surface area (Å²) in [6.45, 7) is 4.58. The van der Waals surface area contributed by atoms with Gasteiger partial charge in [-0.3, -0.25) is 0 Å². The van der Waals surface area contributed by atoms with E-state index in [1.807, 2.05) is 6.07 Å². The van der Waals surface area contributed by atoms with E-state index in [0.717, 1.165) is 6.42 Å². The molecule has 0 N–H and O–H groups in total. The first-order valence-electron chi connectivity index (χ1n) is 6.86. The Balaban J connectivity index is 2.32. The van der Waals surface area contributed by atoms with Crippen LogP contribution in [0.4, 0.5) is 0 Å². The summed E-state index contributed by atoms with van der Waals surface area (Å²) >= 11 is 0. The lowest BCUT2D eigenvalue weighted by atomic mass is 9.73. The summed E-state index contributed by atoms with van der Waals surface area (Å²) in [5.74, 6) is 0. The molecule has 0 nitrogen and oxygen atoms in total. The van der Waals surface area contributed by atoms with Crippen LogP contribution in [0, 0.1) is 12.1 Å². The molecule has 1 unspecified atom stereocenters. The van der Waals surface area contributed by atoms with E-state index in [4.69, 9.17) is 0 Å². The Hall–Kier alpha value is -1.74. The third-order valence-corrected chi connectivity index (χ3v) is 4.31. The molecular weight excluding hydrogens is 216 g/mol. The summed E-state index contributed by atoms with van der Waals surface area (Å²) in [6.07, 6.45) is 3.58. The molecule has 0 aromatic heterocycles. The minimum atomic E-state index is 0.201. The Morgan fingerprint density at radius 1 is 1.06 bits per heavy atom. The molecule has 0 amide bonds. The van der Waals surface area contributed by atoms with Crippen LogP contribution < -0.4 is 0 Å². The Labute approximate surface area is 110 Å². The maximum atomic E-state index is 3.33. The number of fused-ring (bicyclic) bond motifs is 3. The Morgan fingerprint density at radius 3 is 2.67 bits per heavy atom. The highest BCUT2D eigenvalue weighted by molar-refractivity contribution is 5.79. The molecule has 1 aliphatic carbocycles. The molecule has 0 saturated carbocycles. The third-order valence-electron chi connectivity index (χ3n) is 4.31. The van der Waals surface area contributed by atoms with Gasteiger partial charge in [0.15, 0.2) is 0 Å². The monoisotopic (exact) mass is 234 g/mol. The van der Waals surface area contributed by atoms with Crippen molar-refractivity contribution >= 4 is 0 Å². The Kier molecular flexibility index (Phi) is 2.63. The molecule has 3 rings (SSSR count). The molecule has 0 saturated heterocycles. The topological polar surface area (TPSA) is 0 Å². The van der Waals surface area contributed by atoms with Gasteiger partial charge in [-0.2, -0.15) is 0 Å². The fourth-order valence-corrected chi connectivity index (χ4v) is 3.52. The van der Waals surface area contributed by atoms with Crippen LogP contribution in [0.3, 0.4) is 0 Å². The van der Waals surface area contributed by atoms with Gasteiger partial charge in [-0.1, -0.05) is 56.7 Å². The second-order valence-corrected chi connectivity index (χ2v) is 5.12. The van der Waals surface area contributed by atoms with Crippen LogP contribution in [0.15, 0.2) is 36.4 Å². The fourth-order valence-electron chi connectivity index (χ4n) is 3.52. The SMILES string of the molecule is CCCC1(CC)c2ccc#cc2-c2ccccc21. The first-order valence-corrected chi connectivity index (χ1v) is 6.86. The molecule has 0 aliphatic heterocycles. The van der Waals surface area contributed by atoms with Crippen LogP contribution in [0.1, 0.15) is 44.2 Å². The van der Waals surface area contributed by atoms with Crippen LogP contribution in [0.2, 0.25) is 0 Å². The highest BCUT2D eigenvalue weighted by Gasteiger charge is 2.40. The van der Waals surface area contributed by atoms with Crippen molar-refractivity contribution in [3.8, 4) is 11.1 Å². The van der Waals surface area contributed by atoms with Crippen molar-refractivity contribution in [2.75, 3.05) is 0 Å². The molecule has 1 aliphatic rings. The lowest BCUT2D eigenvalue weighted by Crippen LogP contribution is -2.23. The average Bonchev–Trinajstić information content (AvgIpc) is 2.72. The van der Waals surface area contributed by atoms with E-state index < -0.39 is 0 Å². The summed E-state index contributed by atoms with van der Waals surface area (Å²) in [4.78, 5) is 0. The van der Waals surface area contributed by atoms with Gasteiger partial charge in [0.25, 0.3) is 0 Å². The van der Waals surface area contributed by atoms with Gasteiger partial charge in [0, 0.05) is 11.0 Å². The molecule has 0 heteroatoms. The van der Waals surface area contributed by atoms with Crippen molar-refractivity contribution in [2.45, 2.75) is 38.5 Å². The fraction of sp³-hybridized carbons (Fsp3) is 0.333. The van der Waals surface area contributed by atoms with Crippen molar-refractivity contribution in [1.29, 1.82) is 0 Å². The second-order valence-electron chi connectivity index (χ2n) is 5.12. The summed E-state index contributed by atoms with van der Waals surface area (Å²) in [6, 6.07) is 19.5.